The van der Waals surface area contributed by atoms with Crippen LogP contribution in [0.25, 0.3) is 0 Å². The van der Waals surface area contributed by atoms with Gasteiger partial charge < -0.3 is 15.0 Å². The lowest BCUT2D eigenvalue weighted by Gasteiger charge is -2.28. The molecule has 0 aromatic heterocycles. The van der Waals surface area contributed by atoms with E-state index >= 15 is 0 Å². The summed E-state index contributed by atoms with van der Waals surface area (Å²) < 4.78 is 0. The number of nitrogens with zero attached hydrogens (tertiary/aromatic N) is 1. The van der Waals surface area contributed by atoms with Crippen molar-refractivity contribution in [2.45, 2.75) is 45.7 Å². The molecule has 0 spiro atoms. The zero-order valence-corrected chi connectivity index (χ0v) is 14.4. The van der Waals surface area contributed by atoms with Gasteiger partial charge in [0.2, 0.25) is 11.8 Å². The Labute approximate surface area is 143 Å². The summed E-state index contributed by atoms with van der Waals surface area (Å²) >= 11 is 0. The van der Waals surface area contributed by atoms with Crippen LogP contribution in [-0.2, 0) is 20.9 Å². The number of hydrogen-bond donors (Lipinski definition) is 1. The maximum absolute atomic E-state index is 12.8. The predicted molar refractivity (Wildman–Crippen MR) is 92.0 cm³/mol. The molecule has 2 rings (SSSR count). The maximum Gasteiger partial charge on any atom is 0.227 e. The summed E-state index contributed by atoms with van der Waals surface area (Å²) in [5, 5.41) is 2.88. The van der Waals surface area contributed by atoms with Crippen LogP contribution in [0.4, 0.5) is 0 Å². The fourth-order valence-electron chi connectivity index (χ4n) is 3.10. The molecular weight excluding hydrogens is 304 g/mol. The zero-order valence-electron chi connectivity index (χ0n) is 14.4. The van der Waals surface area contributed by atoms with Gasteiger partial charge >= 0.3 is 0 Å². The summed E-state index contributed by atoms with van der Waals surface area (Å²) in [6, 6.07) is 9.35. The van der Waals surface area contributed by atoms with Crippen molar-refractivity contribution < 1.29 is 14.4 Å². The number of carbonyl (C=O) groups is 3. The third kappa shape index (κ3) is 4.66. The summed E-state index contributed by atoms with van der Waals surface area (Å²) in [4.78, 5) is 37.8. The Morgan fingerprint density at radius 2 is 2.00 bits per heavy atom. The van der Waals surface area contributed by atoms with Crippen molar-refractivity contribution in [1.82, 2.24) is 10.2 Å². The molecule has 1 N–H and O–H groups in total. The first-order valence-electron chi connectivity index (χ1n) is 8.59. The lowest BCUT2D eigenvalue weighted by Crippen LogP contribution is -2.43. The molecule has 0 saturated carbocycles. The fraction of sp³-hybridized carbons (Fsp3) is 0.526. The molecule has 2 unspecified atom stereocenters. The van der Waals surface area contributed by atoms with E-state index in [-0.39, 0.29) is 36.1 Å². The number of amides is 2. The van der Waals surface area contributed by atoms with Crippen LogP contribution >= 0.6 is 0 Å². The van der Waals surface area contributed by atoms with Gasteiger partial charge in [-0.3, -0.25) is 9.59 Å². The van der Waals surface area contributed by atoms with Gasteiger partial charge in [-0.2, -0.15) is 0 Å². The van der Waals surface area contributed by atoms with Crippen molar-refractivity contribution in [3.8, 4) is 0 Å². The second-order valence-corrected chi connectivity index (χ2v) is 6.69. The molecule has 0 aliphatic carbocycles. The third-order valence-electron chi connectivity index (χ3n) is 4.60. The highest BCUT2D eigenvalue weighted by Crippen LogP contribution is 2.24. The normalized spacial score (nSPS) is 18.5. The van der Waals surface area contributed by atoms with Crippen molar-refractivity contribution in [3.63, 3.8) is 0 Å². The van der Waals surface area contributed by atoms with Crippen LogP contribution in [0, 0.1) is 11.8 Å². The zero-order chi connectivity index (χ0) is 17.5. The van der Waals surface area contributed by atoms with Gasteiger partial charge in [-0.1, -0.05) is 44.2 Å². The Morgan fingerprint density at radius 1 is 1.29 bits per heavy atom. The molecule has 2 amide bonds. The van der Waals surface area contributed by atoms with Crippen LogP contribution in [0.3, 0.4) is 0 Å². The van der Waals surface area contributed by atoms with Crippen LogP contribution in [-0.4, -0.2) is 35.6 Å². The predicted octanol–water partition coefficient (Wildman–Crippen LogP) is 2.16. The summed E-state index contributed by atoms with van der Waals surface area (Å²) in [6.07, 6.45) is 2.57. The van der Waals surface area contributed by atoms with E-state index in [1.807, 2.05) is 44.2 Å². The van der Waals surface area contributed by atoms with E-state index in [1.165, 1.54) is 0 Å². The Morgan fingerprint density at radius 3 is 2.62 bits per heavy atom. The van der Waals surface area contributed by atoms with E-state index in [0.717, 1.165) is 24.7 Å². The van der Waals surface area contributed by atoms with E-state index in [0.29, 0.717) is 13.1 Å². The Kier molecular flexibility index (Phi) is 6.53. The van der Waals surface area contributed by atoms with Crippen molar-refractivity contribution in [3.05, 3.63) is 35.9 Å². The van der Waals surface area contributed by atoms with Gasteiger partial charge in [-0.05, 0) is 24.3 Å². The molecule has 1 aliphatic rings. The molecule has 5 heteroatoms. The number of carbonyl (C=O) groups excluding carboxylic acids is 3. The number of rotatable bonds is 7. The smallest absolute Gasteiger partial charge is 0.227 e. The first kappa shape index (κ1) is 18.2. The Balaban J connectivity index is 1.93. The molecule has 1 saturated heterocycles. The molecule has 1 aliphatic heterocycles. The molecule has 130 valence electrons. The van der Waals surface area contributed by atoms with Crippen LogP contribution < -0.4 is 5.32 Å². The van der Waals surface area contributed by atoms with E-state index in [4.69, 9.17) is 0 Å². The minimum Gasteiger partial charge on any atom is -0.352 e. The van der Waals surface area contributed by atoms with Crippen molar-refractivity contribution in [2.75, 3.05) is 6.54 Å². The average molecular weight is 330 g/mol. The number of aldehydes is 1. The highest BCUT2D eigenvalue weighted by molar-refractivity contribution is 5.87. The average Bonchev–Trinajstić information content (AvgIpc) is 3.06. The monoisotopic (exact) mass is 330 g/mol. The number of nitrogens with one attached hydrogen (secondary N) is 1. The highest BCUT2D eigenvalue weighted by Gasteiger charge is 2.35. The number of likely N-dealkylation sites (tertiary alicyclic amines) is 1. The first-order valence-corrected chi connectivity index (χ1v) is 8.59. The van der Waals surface area contributed by atoms with Crippen LogP contribution in [0.2, 0.25) is 0 Å². The number of benzene rings is 1. The van der Waals surface area contributed by atoms with Gasteiger partial charge in [0.25, 0.3) is 0 Å². The number of hydrogen-bond acceptors (Lipinski definition) is 3. The molecule has 24 heavy (non-hydrogen) atoms. The van der Waals surface area contributed by atoms with Crippen molar-refractivity contribution in [1.29, 1.82) is 0 Å². The Hall–Kier alpha value is -2.17. The third-order valence-corrected chi connectivity index (χ3v) is 4.60. The molecule has 1 aromatic rings. The minimum atomic E-state index is -0.388. The first-order chi connectivity index (χ1) is 11.5. The summed E-state index contributed by atoms with van der Waals surface area (Å²) in [6.45, 7) is 4.95. The fourth-order valence-corrected chi connectivity index (χ4v) is 3.10. The lowest BCUT2D eigenvalue weighted by molar-refractivity contribution is -0.142. The Bertz CT molecular complexity index is 571. The molecule has 1 fully saturated rings. The molecule has 0 bridgehead atoms. The van der Waals surface area contributed by atoms with Gasteiger partial charge in [-0.25, -0.2) is 0 Å². The van der Waals surface area contributed by atoms with Crippen molar-refractivity contribution in [2.24, 2.45) is 11.8 Å². The topological polar surface area (TPSA) is 66.5 Å². The largest absolute Gasteiger partial charge is 0.352 e. The standard InChI is InChI=1S/C19H26N2O3/c1-14(2)17(19(24)21-10-6-9-16(21)13-22)11-18(23)20-12-15-7-4-3-5-8-15/h3-5,7-8,13-14,16-17H,6,9-12H2,1-2H3,(H,20,23). The SMILES string of the molecule is CC(C)C(CC(=O)NCc1ccccc1)C(=O)N1CCCC1C=O. The summed E-state index contributed by atoms with van der Waals surface area (Å²) in [7, 11) is 0. The molecule has 1 heterocycles. The van der Waals surface area contributed by atoms with E-state index in [2.05, 4.69) is 5.32 Å². The summed E-state index contributed by atoms with van der Waals surface area (Å²) in [5.41, 5.74) is 1.03. The molecular formula is C19H26N2O3. The van der Waals surface area contributed by atoms with Gasteiger partial charge in [0.05, 0.1) is 6.04 Å². The van der Waals surface area contributed by atoms with Gasteiger partial charge in [0.1, 0.15) is 6.29 Å². The van der Waals surface area contributed by atoms with Gasteiger partial charge in [-0.15, -0.1) is 0 Å². The maximum atomic E-state index is 12.8. The quantitative estimate of drug-likeness (QED) is 0.779. The molecule has 0 radical (unpaired) electrons. The van der Waals surface area contributed by atoms with Crippen LogP contribution in [0.1, 0.15) is 38.7 Å². The van der Waals surface area contributed by atoms with Gasteiger partial charge in [0.15, 0.2) is 0 Å². The molecule has 1 aromatic carbocycles. The van der Waals surface area contributed by atoms with E-state index < -0.39 is 0 Å². The van der Waals surface area contributed by atoms with Crippen LogP contribution in [0.15, 0.2) is 30.3 Å². The molecule has 2 atom stereocenters. The second kappa shape index (κ2) is 8.62. The van der Waals surface area contributed by atoms with E-state index in [9.17, 15) is 14.4 Å². The summed E-state index contributed by atoms with van der Waals surface area (Å²) in [5.74, 6) is -0.545. The van der Waals surface area contributed by atoms with Crippen LogP contribution in [0.5, 0.6) is 0 Å². The van der Waals surface area contributed by atoms with Gasteiger partial charge in [0, 0.05) is 25.4 Å². The lowest BCUT2D eigenvalue weighted by atomic mass is 9.90. The highest BCUT2D eigenvalue weighted by atomic mass is 16.2. The van der Waals surface area contributed by atoms with E-state index in [1.54, 1.807) is 4.90 Å². The minimum absolute atomic E-state index is 0.0490. The van der Waals surface area contributed by atoms with Crippen molar-refractivity contribution >= 4 is 18.1 Å². The molecule has 5 nitrogen and oxygen atoms in total. The second-order valence-electron chi connectivity index (χ2n) is 6.69.